The maximum atomic E-state index is 4.85. The number of hydrogen-bond donors (Lipinski definition) is 0. The Morgan fingerprint density at radius 2 is 1.59 bits per heavy atom. The van der Waals surface area contributed by atoms with Crippen LogP contribution in [0.3, 0.4) is 0 Å². The summed E-state index contributed by atoms with van der Waals surface area (Å²) in [5.41, 5.74) is 6.02. The largest absolute Gasteiger partial charge is 0.233 e. The van der Waals surface area contributed by atoms with E-state index < -0.39 is 0 Å². The average molecular weight is 436 g/mol. The number of thiazole rings is 2. The molecule has 0 aliphatic heterocycles. The molecule has 0 N–H and O–H groups in total. The lowest BCUT2D eigenvalue weighted by Gasteiger charge is -1.95. The van der Waals surface area contributed by atoms with E-state index >= 15 is 0 Å². The molecule has 4 rings (SSSR count). The normalized spacial score (nSPS) is 11.6. The molecule has 0 radical (unpaired) electrons. The molecule has 2 aromatic heterocycles. The van der Waals surface area contributed by atoms with E-state index in [1.807, 2.05) is 0 Å². The van der Waals surface area contributed by atoms with Crippen LogP contribution in [0.2, 0.25) is 0 Å². The van der Waals surface area contributed by atoms with Crippen molar-refractivity contribution in [2.75, 3.05) is 0 Å². The molecule has 0 saturated heterocycles. The van der Waals surface area contributed by atoms with Crippen molar-refractivity contribution in [3.8, 4) is 10.0 Å². The third-order valence-electron chi connectivity index (χ3n) is 3.70. The summed E-state index contributed by atoms with van der Waals surface area (Å²) in [6.45, 7) is 6.41. The van der Waals surface area contributed by atoms with Gasteiger partial charge in [-0.15, -0.1) is 22.7 Å². The Kier molecular flexibility index (Phi) is 3.47. The van der Waals surface area contributed by atoms with Crippen molar-refractivity contribution in [2.45, 2.75) is 20.8 Å². The molecule has 110 valence electrons. The molecular weight excluding hydrogens is 423 g/mol. The molecule has 22 heavy (non-hydrogen) atoms. The third-order valence-corrected chi connectivity index (χ3v) is 6.91. The first-order chi connectivity index (χ1) is 10.5. The van der Waals surface area contributed by atoms with Crippen LogP contribution < -0.4 is 0 Å². The van der Waals surface area contributed by atoms with Crippen LogP contribution >= 0.6 is 45.3 Å². The van der Waals surface area contributed by atoms with E-state index in [4.69, 9.17) is 9.97 Å². The SMILES string of the molecule is Cc1cc(C)c2nc(-c3nc4c(I)ccc(C)c4s3)sc2c1. The highest BCUT2D eigenvalue weighted by molar-refractivity contribution is 14.1. The lowest BCUT2D eigenvalue weighted by atomic mass is 10.1. The Hall–Kier alpha value is -1.05. The summed E-state index contributed by atoms with van der Waals surface area (Å²) in [5.74, 6) is 0. The third kappa shape index (κ3) is 2.26. The molecule has 2 heterocycles. The highest BCUT2D eigenvalue weighted by Crippen LogP contribution is 2.38. The van der Waals surface area contributed by atoms with E-state index in [0.29, 0.717) is 0 Å². The fraction of sp³-hybridized carbons (Fsp3) is 0.176. The smallest absolute Gasteiger partial charge is 0.153 e. The standard InChI is InChI=1S/C17H13IN2S2/c1-8-6-10(3)13-12(7-8)21-16(19-13)17-20-14-11(18)5-4-9(2)15(14)22-17/h4-7H,1-3H3. The van der Waals surface area contributed by atoms with Crippen molar-refractivity contribution in [2.24, 2.45) is 0 Å². The van der Waals surface area contributed by atoms with E-state index in [1.165, 1.54) is 29.7 Å². The predicted octanol–water partition coefficient (Wildman–Crippen LogP) is 6.10. The van der Waals surface area contributed by atoms with Gasteiger partial charge in [0.1, 0.15) is 0 Å². The minimum atomic E-state index is 1.03. The van der Waals surface area contributed by atoms with Gasteiger partial charge in [-0.25, -0.2) is 9.97 Å². The van der Waals surface area contributed by atoms with Crippen LogP contribution in [0.25, 0.3) is 30.4 Å². The summed E-state index contributed by atoms with van der Waals surface area (Å²) in [4.78, 5) is 9.69. The van der Waals surface area contributed by atoms with Crippen LogP contribution in [0.15, 0.2) is 24.3 Å². The molecule has 0 amide bonds. The lowest BCUT2D eigenvalue weighted by Crippen LogP contribution is -1.80. The number of rotatable bonds is 1. The number of benzene rings is 2. The predicted molar refractivity (Wildman–Crippen MR) is 105 cm³/mol. The minimum Gasteiger partial charge on any atom is -0.233 e. The molecule has 2 aromatic carbocycles. The van der Waals surface area contributed by atoms with E-state index in [-0.39, 0.29) is 0 Å². The Labute approximate surface area is 150 Å². The van der Waals surface area contributed by atoms with Gasteiger partial charge in [0.15, 0.2) is 10.0 Å². The second kappa shape index (κ2) is 5.25. The van der Waals surface area contributed by atoms with Crippen LogP contribution in [-0.2, 0) is 0 Å². The Balaban J connectivity index is 1.97. The summed E-state index contributed by atoms with van der Waals surface area (Å²) in [5, 5.41) is 2.06. The highest BCUT2D eigenvalue weighted by atomic mass is 127. The van der Waals surface area contributed by atoms with Crippen molar-refractivity contribution in [1.29, 1.82) is 0 Å². The molecule has 5 heteroatoms. The molecule has 0 unspecified atom stereocenters. The molecule has 0 aliphatic carbocycles. The lowest BCUT2D eigenvalue weighted by molar-refractivity contribution is 1.37. The second-order valence-corrected chi connectivity index (χ2v) is 8.70. The average Bonchev–Trinajstić information content (AvgIpc) is 3.07. The Morgan fingerprint density at radius 1 is 0.864 bits per heavy atom. The summed E-state index contributed by atoms with van der Waals surface area (Å²) in [7, 11) is 0. The zero-order chi connectivity index (χ0) is 15.4. The fourth-order valence-electron chi connectivity index (χ4n) is 2.66. The van der Waals surface area contributed by atoms with Gasteiger partial charge in [0.2, 0.25) is 0 Å². The molecule has 0 saturated carbocycles. The quantitative estimate of drug-likeness (QED) is 0.337. The van der Waals surface area contributed by atoms with Gasteiger partial charge in [-0.3, -0.25) is 0 Å². The van der Waals surface area contributed by atoms with Gasteiger partial charge in [-0.2, -0.15) is 0 Å². The van der Waals surface area contributed by atoms with E-state index in [0.717, 1.165) is 21.0 Å². The highest BCUT2D eigenvalue weighted by Gasteiger charge is 2.15. The number of fused-ring (bicyclic) bond motifs is 2. The summed E-state index contributed by atoms with van der Waals surface area (Å²) >= 11 is 5.85. The first-order valence-electron chi connectivity index (χ1n) is 6.97. The Bertz CT molecular complexity index is 991. The zero-order valence-electron chi connectivity index (χ0n) is 12.4. The summed E-state index contributed by atoms with van der Waals surface area (Å²) in [6, 6.07) is 8.70. The fourth-order valence-corrected chi connectivity index (χ4v) is 5.63. The van der Waals surface area contributed by atoms with Crippen LogP contribution in [-0.4, -0.2) is 9.97 Å². The van der Waals surface area contributed by atoms with Gasteiger partial charge in [0.25, 0.3) is 0 Å². The number of aromatic nitrogens is 2. The maximum absolute atomic E-state index is 4.85. The molecule has 4 aromatic rings. The number of halogens is 1. The molecule has 0 fully saturated rings. The summed E-state index contributed by atoms with van der Waals surface area (Å²) < 4.78 is 3.72. The number of nitrogens with zero attached hydrogens (tertiary/aromatic N) is 2. The van der Waals surface area contributed by atoms with Gasteiger partial charge in [0.05, 0.1) is 20.4 Å². The first kappa shape index (κ1) is 14.5. The van der Waals surface area contributed by atoms with Gasteiger partial charge in [0, 0.05) is 3.57 Å². The van der Waals surface area contributed by atoms with Crippen LogP contribution in [0.1, 0.15) is 16.7 Å². The van der Waals surface area contributed by atoms with Crippen molar-refractivity contribution >= 4 is 65.7 Å². The topological polar surface area (TPSA) is 25.8 Å². The monoisotopic (exact) mass is 436 g/mol. The molecule has 0 atom stereocenters. The van der Waals surface area contributed by atoms with Crippen LogP contribution in [0, 0.1) is 24.3 Å². The molecule has 0 bridgehead atoms. The van der Waals surface area contributed by atoms with E-state index in [2.05, 4.69) is 67.6 Å². The van der Waals surface area contributed by atoms with Gasteiger partial charge >= 0.3 is 0 Å². The van der Waals surface area contributed by atoms with Crippen LogP contribution in [0.5, 0.6) is 0 Å². The van der Waals surface area contributed by atoms with Crippen molar-refractivity contribution in [1.82, 2.24) is 9.97 Å². The Morgan fingerprint density at radius 3 is 2.36 bits per heavy atom. The molecule has 2 nitrogen and oxygen atoms in total. The van der Waals surface area contributed by atoms with Gasteiger partial charge < -0.3 is 0 Å². The van der Waals surface area contributed by atoms with Crippen molar-refractivity contribution in [3.05, 3.63) is 44.5 Å². The summed E-state index contributed by atoms with van der Waals surface area (Å²) in [6.07, 6.45) is 0. The maximum Gasteiger partial charge on any atom is 0.153 e. The van der Waals surface area contributed by atoms with Gasteiger partial charge in [-0.1, -0.05) is 12.1 Å². The minimum absolute atomic E-state index is 1.03. The zero-order valence-corrected chi connectivity index (χ0v) is 16.2. The molecular formula is C17H13IN2S2. The van der Waals surface area contributed by atoms with Gasteiger partial charge in [-0.05, 0) is 72.2 Å². The number of aryl methyl sites for hydroxylation is 3. The second-order valence-electron chi connectivity index (χ2n) is 5.51. The van der Waals surface area contributed by atoms with Crippen molar-refractivity contribution < 1.29 is 0 Å². The molecule has 0 aliphatic rings. The van der Waals surface area contributed by atoms with Crippen molar-refractivity contribution in [3.63, 3.8) is 0 Å². The van der Waals surface area contributed by atoms with E-state index in [9.17, 15) is 0 Å². The first-order valence-corrected chi connectivity index (χ1v) is 9.68. The number of hydrogen-bond acceptors (Lipinski definition) is 4. The van der Waals surface area contributed by atoms with E-state index in [1.54, 1.807) is 22.7 Å². The van der Waals surface area contributed by atoms with Crippen LogP contribution in [0.4, 0.5) is 0 Å². The molecule has 0 spiro atoms.